The van der Waals surface area contributed by atoms with E-state index in [0.29, 0.717) is 12.1 Å². The fourth-order valence-electron chi connectivity index (χ4n) is 3.08. The molecule has 1 N–H and O–H groups in total. The van der Waals surface area contributed by atoms with Gasteiger partial charge in [0, 0.05) is 24.0 Å². The molecule has 2 unspecified atom stereocenters. The molecule has 0 spiro atoms. The molecule has 0 aromatic carbocycles. The van der Waals surface area contributed by atoms with Crippen LogP contribution in [0.4, 0.5) is 5.13 Å². The Hall–Kier alpha value is -0.610. The van der Waals surface area contributed by atoms with E-state index in [1.807, 2.05) is 11.3 Å². The Morgan fingerprint density at radius 2 is 2.41 bits per heavy atom. The van der Waals surface area contributed by atoms with Crippen molar-refractivity contribution in [3.63, 3.8) is 0 Å². The van der Waals surface area contributed by atoms with Gasteiger partial charge in [-0.3, -0.25) is 0 Å². The second kappa shape index (κ2) is 4.94. The van der Waals surface area contributed by atoms with Crippen LogP contribution in [-0.2, 0) is 6.42 Å². The summed E-state index contributed by atoms with van der Waals surface area (Å²) in [5.41, 5.74) is 1.25. The summed E-state index contributed by atoms with van der Waals surface area (Å²) < 4.78 is 0. The molecule has 2 aliphatic heterocycles. The molecule has 0 bridgehead atoms. The van der Waals surface area contributed by atoms with Gasteiger partial charge in [-0.1, -0.05) is 6.92 Å². The molecule has 4 heteroatoms. The minimum Gasteiger partial charge on any atom is -0.344 e. The summed E-state index contributed by atoms with van der Waals surface area (Å²) in [4.78, 5) is 7.30. The van der Waals surface area contributed by atoms with E-state index in [1.165, 1.54) is 49.6 Å². The topological polar surface area (TPSA) is 28.2 Å². The molecular formula is C13H21N3S. The third-order valence-electron chi connectivity index (χ3n) is 4.01. The van der Waals surface area contributed by atoms with Crippen LogP contribution in [-0.4, -0.2) is 30.2 Å². The molecule has 3 rings (SSSR count). The van der Waals surface area contributed by atoms with E-state index >= 15 is 0 Å². The summed E-state index contributed by atoms with van der Waals surface area (Å²) in [6.45, 7) is 4.57. The highest BCUT2D eigenvalue weighted by atomic mass is 32.1. The van der Waals surface area contributed by atoms with Crippen molar-refractivity contribution in [2.45, 2.75) is 51.1 Å². The molecule has 2 fully saturated rings. The van der Waals surface area contributed by atoms with Crippen molar-refractivity contribution < 1.29 is 0 Å². The van der Waals surface area contributed by atoms with Gasteiger partial charge in [0.15, 0.2) is 5.13 Å². The molecule has 2 saturated heterocycles. The second-order valence-corrected chi connectivity index (χ2v) is 5.92. The minimum absolute atomic E-state index is 0.688. The summed E-state index contributed by atoms with van der Waals surface area (Å²) in [5, 5.41) is 7.12. The molecule has 94 valence electrons. The van der Waals surface area contributed by atoms with Crippen LogP contribution in [0, 0.1) is 0 Å². The van der Waals surface area contributed by atoms with Gasteiger partial charge >= 0.3 is 0 Å². The summed E-state index contributed by atoms with van der Waals surface area (Å²) in [6.07, 6.45) is 6.39. The average Bonchev–Trinajstić information content (AvgIpc) is 3.09. The van der Waals surface area contributed by atoms with Gasteiger partial charge in [0.05, 0.1) is 5.69 Å². The first-order valence-corrected chi connectivity index (χ1v) is 7.71. The first-order chi connectivity index (χ1) is 8.38. The van der Waals surface area contributed by atoms with Gasteiger partial charge in [-0.15, -0.1) is 11.3 Å². The van der Waals surface area contributed by atoms with Gasteiger partial charge in [-0.05, 0) is 38.6 Å². The van der Waals surface area contributed by atoms with Crippen molar-refractivity contribution >= 4 is 16.5 Å². The number of anilines is 1. The van der Waals surface area contributed by atoms with Gasteiger partial charge < -0.3 is 10.2 Å². The molecular weight excluding hydrogens is 230 g/mol. The summed E-state index contributed by atoms with van der Waals surface area (Å²) in [5.74, 6) is 0. The van der Waals surface area contributed by atoms with Crippen LogP contribution in [0.15, 0.2) is 5.38 Å². The van der Waals surface area contributed by atoms with Crippen molar-refractivity contribution in [3.05, 3.63) is 11.1 Å². The summed E-state index contributed by atoms with van der Waals surface area (Å²) in [7, 11) is 0. The Labute approximate surface area is 107 Å². The quantitative estimate of drug-likeness (QED) is 0.894. The Balaban J connectivity index is 1.76. The van der Waals surface area contributed by atoms with Gasteiger partial charge in [0.1, 0.15) is 0 Å². The molecule has 2 atom stereocenters. The lowest BCUT2D eigenvalue weighted by Crippen LogP contribution is -2.44. The van der Waals surface area contributed by atoms with E-state index in [1.54, 1.807) is 0 Å². The molecule has 3 nitrogen and oxygen atoms in total. The summed E-state index contributed by atoms with van der Waals surface area (Å²) in [6, 6.07) is 1.39. The number of nitrogens with zero attached hydrogens (tertiary/aromatic N) is 2. The normalized spacial score (nSPS) is 29.1. The largest absolute Gasteiger partial charge is 0.344 e. The number of aromatic nitrogens is 1. The van der Waals surface area contributed by atoms with Crippen LogP contribution in [0.2, 0.25) is 0 Å². The zero-order valence-electron chi connectivity index (χ0n) is 10.5. The van der Waals surface area contributed by atoms with Crippen molar-refractivity contribution in [2.24, 2.45) is 0 Å². The van der Waals surface area contributed by atoms with E-state index < -0.39 is 0 Å². The van der Waals surface area contributed by atoms with E-state index in [9.17, 15) is 0 Å². The lowest BCUT2D eigenvalue weighted by molar-refractivity contribution is 0.482. The predicted molar refractivity (Wildman–Crippen MR) is 72.9 cm³/mol. The van der Waals surface area contributed by atoms with Crippen molar-refractivity contribution in [1.29, 1.82) is 0 Å². The highest BCUT2D eigenvalue weighted by Crippen LogP contribution is 2.32. The maximum atomic E-state index is 4.75. The van der Waals surface area contributed by atoms with Crippen molar-refractivity contribution in [3.8, 4) is 0 Å². The van der Waals surface area contributed by atoms with Crippen molar-refractivity contribution in [1.82, 2.24) is 10.3 Å². The first-order valence-electron chi connectivity index (χ1n) is 6.83. The Morgan fingerprint density at radius 3 is 3.12 bits per heavy atom. The van der Waals surface area contributed by atoms with Gasteiger partial charge in [-0.25, -0.2) is 4.98 Å². The smallest absolute Gasteiger partial charge is 0.185 e. The number of thiazole rings is 1. The van der Waals surface area contributed by atoms with E-state index in [4.69, 9.17) is 4.98 Å². The van der Waals surface area contributed by atoms with Crippen LogP contribution >= 0.6 is 11.3 Å². The third kappa shape index (κ3) is 2.20. The number of nitrogens with one attached hydrogen (secondary N) is 1. The lowest BCUT2D eigenvalue weighted by Gasteiger charge is -2.29. The fourth-order valence-corrected chi connectivity index (χ4v) is 4.07. The van der Waals surface area contributed by atoms with Crippen molar-refractivity contribution in [2.75, 3.05) is 18.0 Å². The molecule has 0 amide bonds. The molecule has 1 aromatic rings. The number of rotatable bonds is 3. The van der Waals surface area contributed by atoms with Gasteiger partial charge in [0.2, 0.25) is 0 Å². The Bertz CT molecular complexity index is 370. The molecule has 0 aliphatic carbocycles. The highest BCUT2D eigenvalue weighted by molar-refractivity contribution is 7.13. The zero-order chi connectivity index (χ0) is 11.7. The Morgan fingerprint density at radius 1 is 1.47 bits per heavy atom. The molecule has 1 aromatic heterocycles. The zero-order valence-corrected chi connectivity index (χ0v) is 11.3. The second-order valence-electron chi connectivity index (χ2n) is 5.08. The average molecular weight is 251 g/mol. The standard InChI is InChI=1S/C13H21N3S/c1-2-10-9-17-13(15-10)16-8-4-6-12(16)11-5-3-7-14-11/h9,11-12,14H,2-8H2,1H3. The molecule has 2 aliphatic rings. The molecule has 0 radical (unpaired) electrons. The third-order valence-corrected chi connectivity index (χ3v) is 4.94. The van der Waals surface area contributed by atoms with Crippen LogP contribution in [0.25, 0.3) is 0 Å². The van der Waals surface area contributed by atoms with E-state index in [-0.39, 0.29) is 0 Å². The van der Waals surface area contributed by atoms with Crippen LogP contribution < -0.4 is 10.2 Å². The van der Waals surface area contributed by atoms with E-state index in [2.05, 4.69) is 22.5 Å². The summed E-state index contributed by atoms with van der Waals surface area (Å²) >= 11 is 1.82. The monoisotopic (exact) mass is 251 g/mol. The first kappa shape index (κ1) is 11.5. The number of aryl methyl sites for hydroxylation is 1. The van der Waals surface area contributed by atoms with Crippen LogP contribution in [0.3, 0.4) is 0 Å². The fraction of sp³-hybridized carbons (Fsp3) is 0.769. The predicted octanol–water partition coefficient (Wildman–Crippen LogP) is 2.43. The maximum Gasteiger partial charge on any atom is 0.185 e. The lowest BCUT2D eigenvalue weighted by atomic mass is 10.0. The van der Waals surface area contributed by atoms with Gasteiger partial charge in [0.25, 0.3) is 0 Å². The number of hydrogen-bond acceptors (Lipinski definition) is 4. The molecule has 17 heavy (non-hydrogen) atoms. The van der Waals surface area contributed by atoms with Crippen LogP contribution in [0.5, 0.6) is 0 Å². The van der Waals surface area contributed by atoms with E-state index in [0.717, 1.165) is 6.42 Å². The SMILES string of the molecule is CCc1csc(N2CCCC2C2CCCN2)n1. The Kier molecular flexibility index (Phi) is 3.34. The maximum absolute atomic E-state index is 4.75. The minimum atomic E-state index is 0.688. The molecule has 0 saturated carbocycles. The number of hydrogen-bond donors (Lipinski definition) is 1. The molecule has 3 heterocycles. The van der Waals surface area contributed by atoms with Gasteiger partial charge in [-0.2, -0.15) is 0 Å². The highest BCUT2D eigenvalue weighted by Gasteiger charge is 2.34. The van der Waals surface area contributed by atoms with Crippen LogP contribution in [0.1, 0.15) is 38.3 Å².